The molecule has 0 unspecified atom stereocenters. The molecule has 0 radical (unpaired) electrons. The van der Waals surface area contributed by atoms with E-state index in [9.17, 15) is 39.1 Å². The summed E-state index contributed by atoms with van der Waals surface area (Å²) in [6.45, 7) is 4.49. The highest BCUT2D eigenvalue weighted by Crippen LogP contribution is 2.41. The van der Waals surface area contributed by atoms with Crippen LogP contribution < -0.4 is 26.3 Å². The van der Waals surface area contributed by atoms with Crippen LogP contribution in [-0.2, 0) is 35.2 Å². The molecule has 4 atom stereocenters. The molecule has 0 aliphatic carbocycles. The number of likely N-dealkylation sites (N-methyl/N-ethyl adjacent to an activating group) is 1. The van der Waals surface area contributed by atoms with E-state index >= 15 is 0 Å². The van der Waals surface area contributed by atoms with Crippen molar-refractivity contribution in [3.05, 3.63) is 47.5 Å². The van der Waals surface area contributed by atoms with Gasteiger partial charge >= 0.3 is 5.97 Å². The molecule has 4 bridgehead atoms. The third-order valence-corrected chi connectivity index (χ3v) is 11.1. The normalized spacial score (nSPS) is 17.0. The van der Waals surface area contributed by atoms with Gasteiger partial charge in [0.25, 0.3) is 0 Å². The van der Waals surface area contributed by atoms with Crippen molar-refractivity contribution in [2.45, 2.75) is 135 Å². The Labute approximate surface area is 361 Å². The predicted octanol–water partition coefficient (Wildman–Crippen LogP) is 6.40. The van der Waals surface area contributed by atoms with Crippen LogP contribution in [0.4, 0.5) is 0 Å². The first-order valence-corrected chi connectivity index (χ1v) is 22.0. The number of fused-ring (bicyclic) bond motifs is 5. The van der Waals surface area contributed by atoms with Crippen LogP contribution in [0.15, 0.2) is 36.4 Å². The van der Waals surface area contributed by atoms with E-state index < -0.39 is 47.5 Å². The quantitative estimate of drug-likeness (QED) is 0.0754. The molecule has 1 aliphatic heterocycles. The lowest BCUT2D eigenvalue weighted by Crippen LogP contribution is -2.45. The molecule has 14 heteroatoms. The van der Waals surface area contributed by atoms with Crippen molar-refractivity contribution in [2.75, 3.05) is 33.4 Å². The summed E-state index contributed by atoms with van der Waals surface area (Å²) in [6.07, 6.45) is 9.04. The van der Waals surface area contributed by atoms with Crippen molar-refractivity contribution < 1.29 is 43.3 Å². The summed E-state index contributed by atoms with van der Waals surface area (Å²) in [5, 5.41) is 21.6. The molecule has 0 aromatic heterocycles. The number of carboxylic acid groups (broad SMARTS) is 1. The number of carbonyl (C=O) groups excluding carboxylic acids is 5. The maximum atomic E-state index is 14.6. The Bertz CT molecular complexity index is 1830. The summed E-state index contributed by atoms with van der Waals surface area (Å²) in [7, 11) is 1.45. The number of ether oxygens (including phenoxy) is 2. The molecule has 2 aromatic rings. The Hall–Kier alpha value is -5.13. The van der Waals surface area contributed by atoms with E-state index in [1.807, 2.05) is 6.07 Å². The number of ketones is 3. The fourth-order valence-corrected chi connectivity index (χ4v) is 7.75. The molecule has 2 aromatic carbocycles. The van der Waals surface area contributed by atoms with Gasteiger partial charge in [-0.1, -0.05) is 77.3 Å². The molecule has 2 amide bonds. The zero-order chi connectivity index (χ0) is 44.7. The summed E-state index contributed by atoms with van der Waals surface area (Å²) in [5.74, 6) is -4.32. The van der Waals surface area contributed by atoms with E-state index in [0.29, 0.717) is 40.2 Å². The number of nitriles is 1. The number of unbranched alkanes of at least 4 members (excludes halogenated alkanes) is 8. The van der Waals surface area contributed by atoms with Crippen molar-refractivity contribution >= 4 is 35.1 Å². The molecule has 0 spiro atoms. The smallest absolute Gasteiger partial charge is 0.303 e. The number of Topliss-reactive ketones (excluding diaryl/α,β-unsaturated/α-hetero) is 3. The van der Waals surface area contributed by atoms with E-state index in [2.05, 4.69) is 12.2 Å². The van der Waals surface area contributed by atoms with Crippen LogP contribution in [0.3, 0.4) is 0 Å². The number of aliphatic carboxylic acids is 1. The van der Waals surface area contributed by atoms with Crippen LogP contribution in [0, 0.1) is 23.2 Å². The lowest BCUT2D eigenvalue weighted by atomic mass is 9.88. The van der Waals surface area contributed by atoms with Crippen molar-refractivity contribution in [3.8, 4) is 28.7 Å². The molecule has 0 saturated carbocycles. The number of nitrogens with zero attached hydrogens (tertiary/aromatic N) is 2. The zero-order valence-corrected chi connectivity index (χ0v) is 36.4. The molecule has 61 heavy (non-hydrogen) atoms. The van der Waals surface area contributed by atoms with Crippen LogP contribution in [0.25, 0.3) is 11.1 Å². The van der Waals surface area contributed by atoms with Crippen molar-refractivity contribution in [1.82, 2.24) is 10.2 Å². The van der Waals surface area contributed by atoms with Gasteiger partial charge in [0, 0.05) is 81.6 Å². The van der Waals surface area contributed by atoms with Crippen molar-refractivity contribution in [3.63, 3.8) is 0 Å². The Morgan fingerprint density at radius 3 is 2.08 bits per heavy atom. The minimum absolute atomic E-state index is 0.0364. The lowest BCUT2D eigenvalue weighted by Gasteiger charge is -2.32. The molecule has 6 N–H and O–H groups in total. The number of benzene rings is 2. The number of carboxylic acids is 1. The molecule has 1 heterocycles. The summed E-state index contributed by atoms with van der Waals surface area (Å²) < 4.78 is 12.2. The van der Waals surface area contributed by atoms with Crippen LogP contribution in [0.5, 0.6) is 11.5 Å². The highest BCUT2D eigenvalue weighted by molar-refractivity contribution is 5.96. The van der Waals surface area contributed by atoms with Gasteiger partial charge in [0.1, 0.15) is 36.5 Å². The second-order valence-electron chi connectivity index (χ2n) is 16.1. The molecule has 14 nitrogen and oxygen atoms in total. The number of hydrogen-bond acceptors (Lipinski definition) is 11. The first kappa shape index (κ1) is 50.2. The van der Waals surface area contributed by atoms with Gasteiger partial charge in [-0.3, -0.25) is 28.8 Å². The van der Waals surface area contributed by atoms with E-state index in [4.69, 9.17) is 20.9 Å². The lowest BCUT2D eigenvalue weighted by molar-refractivity contribution is -0.145. The zero-order valence-electron chi connectivity index (χ0n) is 36.4. The second kappa shape index (κ2) is 26.9. The van der Waals surface area contributed by atoms with E-state index in [0.717, 1.165) is 19.3 Å². The monoisotopic (exact) mass is 845 g/mol. The summed E-state index contributed by atoms with van der Waals surface area (Å²) in [4.78, 5) is 82.6. The molecule has 3 rings (SSSR count). The molecular formula is C47H67N5O9. The van der Waals surface area contributed by atoms with Gasteiger partial charge in [0.2, 0.25) is 11.8 Å². The van der Waals surface area contributed by atoms with Crippen LogP contribution in [0.1, 0.15) is 134 Å². The van der Waals surface area contributed by atoms with Gasteiger partial charge in [-0.2, -0.15) is 5.26 Å². The number of rotatable bonds is 26. The maximum Gasteiger partial charge on any atom is 0.303 e. The van der Waals surface area contributed by atoms with E-state index in [1.165, 1.54) is 44.1 Å². The summed E-state index contributed by atoms with van der Waals surface area (Å²) in [6, 6.07) is 10.1. The van der Waals surface area contributed by atoms with Gasteiger partial charge < -0.3 is 36.3 Å². The first-order valence-electron chi connectivity index (χ1n) is 22.0. The van der Waals surface area contributed by atoms with Crippen LogP contribution >= 0.6 is 0 Å². The van der Waals surface area contributed by atoms with Crippen LogP contribution in [0.2, 0.25) is 0 Å². The second-order valence-corrected chi connectivity index (χ2v) is 16.1. The van der Waals surface area contributed by atoms with Gasteiger partial charge in [-0.15, -0.1) is 0 Å². The Morgan fingerprint density at radius 2 is 1.48 bits per heavy atom. The highest BCUT2D eigenvalue weighted by atomic mass is 16.5. The average Bonchev–Trinajstić information content (AvgIpc) is 3.24. The number of hydrogen-bond donors (Lipinski definition) is 4. The highest BCUT2D eigenvalue weighted by Gasteiger charge is 2.36. The maximum absolute atomic E-state index is 14.6. The summed E-state index contributed by atoms with van der Waals surface area (Å²) in [5.41, 5.74) is 13.7. The minimum Gasteiger partial charge on any atom is -0.492 e. The fraction of sp³-hybridized carbons (Fsp3) is 0.596. The topological polar surface area (TPSA) is 232 Å². The predicted molar refractivity (Wildman–Crippen MR) is 233 cm³/mol. The number of nitrogens with one attached hydrogen (secondary N) is 1. The Balaban J connectivity index is 2.08. The largest absolute Gasteiger partial charge is 0.492 e. The Kier molecular flexibility index (Phi) is 22.2. The molecular weight excluding hydrogens is 779 g/mol. The number of nitrogens with two attached hydrogens (primary N) is 2. The molecule has 334 valence electrons. The number of amides is 2. The van der Waals surface area contributed by atoms with Gasteiger partial charge in [0.05, 0.1) is 12.1 Å². The van der Waals surface area contributed by atoms with Gasteiger partial charge in [0.15, 0.2) is 11.6 Å². The van der Waals surface area contributed by atoms with Gasteiger partial charge in [-0.05, 0) is 54.7 Å². The van der Waals surface area contributed by atoms with Crippen molar-refractivity contribution in [2.24, 2.45) is 23.3 Å². The molecule has 1 aliphatic rings. The van der Waals surface area contributed by atoms with E-state index in [-0.39, 0.29) is 89.2 Å². The van der Waals surface area contributed by atoms with Crippen molar-refractivity contribution in [1.29, 1.82) is 5.26 Å². The third-order valence-electron chi connectivity index (χ3n) is 11.1. The minimum atomic E-state index is -1.27. The third kappa shape index (κ3) is 16.3. The average molecular weight is 846 g/mol. The van der Waals surface area contributed by atoms with E-state index in [1.54, 1.807) is 43.3 Å². The van der Waals surface area contributed by atoms with Crippen LogP contribution in [-0.4, -0.2) is 84.5 Å². The first-order chi connectivity index (χ1) is 29.3. The molecule has 0 saturated heterocycles. The summed E-state index contributed by atoms with van der Waals surface area (Å²) >= 11 is 0. The molecule has 0 fully saturated rings. The van der Waals surface area contributed by atoms with Gasteiger partial charge in [-0.25, -0.2) is 0 Å². The fourth-order valence-electron chi connectivity index (χ4n) is 7.75. The Morgan fingerprint density at radius 1 is 0.869 bits per heavy atom. The SMILES string of the molecule is CCCCCCCCCCCC(=O)C[C@@H](CCC(=O)O)C(=O)N(C)[C@@H]1C(=O)C[C@@H](C)C(=O)N[C@H](C(=O)CCC#N)Cc2ccc(OCCN)c(c2)-c2cc1ccc2OCCN. The number of carbonyl (C=O) groups is 6. The standard InChI is InChI=1S/C47H67N5O9/c1-4-5-6-7-8-9-10-11-12-14-36(53)30-35(18-21-44(56)57)47(59)52(3)45-34-17-20-43(61-26-24-50)38(31-34)37-28-33(16-19-42(37)60-25-23-49)29-39(40(54)15-13-22-48)51-46(58)32(2)27-41(45)55/h16-17,19-20,28,31-32,35,39,45H,4-15,18,21,23-27,29-30,49-50H2,1-3H3,(H,51,58)(H,56,57)/t32-,35-,39+,45+/m1/s1.